The van der Waals surface area contributed by atoms with Crippen molar-refractivity contribution >= 4 is 0 Å². The SMILES string of the molecule is N#CC(NCC1CC1)c1cccc(OC(F)(F)F)c1. The molecule has 1 fully saturated rings. The molecular weight excluding hydrogens is 257 g/mol. The highest BCUT2D eigenvalue weighted by atomic mass is 19.4. The first-order chi connectivity index (χ1) is 8.98. The van der Waals surface area contributed by atoms with Gasteiger partial charge in [-0.2, -0.15) is 5.26 Å². The number of rotatable bonds is 5. The Morgan fingerprint density at radius 2 is 2.16 bits per heavy atom. The fraction of sp³-hybridized carbons (Fsp3) is 0.462. The van der Waals surface area contributed by atoms with Gasteiger partial charge in [-0.1, -0.05) is 12.1 Å². The maximum absolute atomic E-state index is 12.1. The maximum atomic E-state index is 12.1. The molecule has 0 amide bonds. The first-order valence-electron chi connectivity index (χ1n) is 5.96. The molecule has 0 aromatic heterocycles. The van der Waals surface area contributed by atoms with Crippen LogP contribution in [-0.4, -0.2) is 12.9 Å². The number of nitrogens with one attached hydrogen (secondary N) is 1. The fourth-order valence-corrected chi connectivity index (χ4v) is 1.74. The van der Waals surface area contributed by atoms with E-state index in [2.05, 4.69) is 10.1 Å². The highest BCUT2D eigenvalue weighted by Crippen LogP contribution is 2.29. The second-order valence-electron chi connectivity index (χ2n) is 4.53. The second-order valence-corrected chi connectivity index (χ2v) is 4.53. The zero-order valence-electron chi connectivity index (χ0n) is 10.1. The van der Waals surface area contributed by atoms with Crippen LogP contribution < -0.4 is 10.1 Å². The van der Waals surface area contributed by atoms with E-state index in [4.69, 9.17) is 5.26 Å². The molecule has 1 unspecified atom stereocenters. The van der Waals surface area contributed by atoms with Crippen LogP contribution in [0.25, 0.3) is 0 Å². The Hall–Kier alpha value is -1.74. The Labute approximate surface area is 109 Å². The Bertz CT molecular complexity index is 478. The van der Waals surface area contributed by atoms with Crippen molar-refractivity contribution < 1.29 is 17.9 Å². The lowest BCUT2D eigenvalue weighted by Gasteiger charge is -2.14. The standard InChI is InChI=1S/C13H13F3N2O/c14-13(15,16)19-11-3-1-2-10(6-11)12(7-17)18-8-9-4-5-9/h1-3,6,9,12,18H,4-5,8H2. The molecule has 0 spiro atoms. The van der Waals surface area contributed by atoms with Crippen molar-refractivity contribution in [3.8, 4) is 11.8 Å². The van der Waals surface area contributed by atoms with E-state index in [1.807, 2.05) is 6.07 Å². The number of hydrogen-bond donors (Lipinski definition) is 1. The summed E-state index contributed by atoms with van der Waals surface area (Å²) in [5.74, 6) is 0.281. The predicted octanol–water partition coefficient (Wildman–Crippen LogP) is 3.15. The second kappa shape index (κ2) is 5.49. The monoisotopic (exact) mass is 270 g/mol. The molecule has 1 atom stereocenters. The molecule has 19 heavy (non-hydrogen) atoms. The summed E-state index contributed by atoms with van der Waals surface area (Å²) >= 11 is 0. The number of hydrogen-bond acceptors (Lipinski definition) is 3. The third-order valence-electron chi connectivity index (χ3n) is 2.86. The summed E-state index contributed by atoms with van der Waals surface area (Å²) in [7, 11) is 0. The van der Waals surface area contributed by atoms with E-state index in [9.17, 15) is 13.2 Å². The van der Waals surface area contributed by atoms with Crippen LogP contribution in [0.5, 0.6) is 5.75 Å². The molecule has 1 aromatic carbocycles. The van der Waals surface area contributed by atoms with Crippen LogP contribution in [0.4, 0.5) is 13.2 Å². The van der Waals surface area contributed by atoms with Crippen molar-refractivity contribution in [3.05, 3.63) is 29.8 Å². The average molecular weight is 270 g/mol. The van der Waals surface area contributed by atoms with E-state index >= 15 is 0 Å². The molecule has 0 aliphatic heterocycles. The minimum Gasteiger partial charge on any atom is -0.406 e. The van der Waals surface area contributed by atoms with Gasteiger partial charge in [0.2, 0.25) is 0 Å². The van der Waals surface area contributed by atoms with E-state index in [-0.39, 0.29) is 5.75 Å². The zero-order valence-corrected chi connectivity index (χ0v) is 10.1. The van der Waals surface area contributed by atoms with Crippen LogP contribution in [0.3, 0.4) is 0 Å². The molecule has 1 aliphatic carbocycles. The van der Waals surface area contributed by atoms with Crippen molar-refractivity contribution in [1.82, 2.24) is 5.32 Å². The van der Waals surface area contributed by atoms with Crippen LogP contribution in [0.2, 0.25) is 0 Å². The third kappa shape index (κ3) is 4.45. The summed E-state index contributed by atoms with van der Waals surface area (Å²) in [4.78, 5) is 0. The van der Waals surface area contributed by atoms with Gasteiger partial charge in [-0.15, -0.1) is 13.2 Å². The first kappa shape index (κ1) is 13.7. The van der Waals surface area contributed by atoms with Gasteiger partial charge in [0, 0.05) is 0 Å². The lowest BCUT2D eigenvalue weighted by molar-refractivity contribution is -0.274. The molecule has 0 radical (unpaired) electrons. The van der Waals surface area contributed by atoms with Gasteiger partial charge < -0.3 is 4.74 Å². The molecule has 0 bridgehead atoms. The van der Waals surface area contributed by atoms with Gasteiger partial charge in [-0.3, -0.25) is 5.32 Å². The van der Waals surface area contributed by atoms with E-state index in [1.165, 1.54) is 18.2 Å². The molecule has 0 heterocycles. The summed E-state index contributed by atoms with van der Waals surface area (Å²) in [6, 6.07) is 6.93. The summed E-state index contributed by atoms with van der Waals surface area (Å²) in [6.07, 6.45) is -2.44. The minimum absolute atomic E-state index is 0.307. The summed E-state index contributed by atoms with van der Waals surface area (Å²) in [5, 5.41) is 12.1. The number of nitriles is 1. The lowest BCUT2D eigenvalue weighted by Crippen LogP contribution is -2.22. The quantitative estimate of drug-likeness (QED) is 0.894. The molecule has 6 heteroatoms. The fourth-order valence-electron chi connectivity index (χ4n) is 1.74. The highest BCUT2D eigenvalue weighted by Gasteiger charge is 2.31. The summed E-state index contributed by atoms with van der Waals surface area (Å²) in [5.41, 5.74) is 0.477. The van der Waals surface area contributed by atoms with Crippen molar-refractivity contribution in [3.63, 3.8) is 0 Å². The van der Waals surface area contributed by atoms with Gasteiger partial charge in [-0.25, -0.2) is 0 Å². The number of nitrogens with zero attached hydrogens (tertiary/aromatic N) is 1. The Kier molecular flexibility index (Phi) is 3.96. The zero-order chi connectivity index (χ0) is 13.9. The number of benzene rings is 1. The molecule has 1 N–H and O–H groups in total. The van der Waals surface area contributed by atoms with Gasteiger partial charge in [0.15, 0.2) is 0 Å². The molecular formula is C13H13F3N2O. The number of halogens is 3. The maximum Gasteiger partial charge on any atom is 0.573 e. The lowest BCUT2D eigenvalue weighted by atomic mass is 10.1. The number of alkyl halides is 3. The van der Waals surface area contributed by atoms with Crippen LogP contribution in [-0.2, 0) is 0 Å². The largest absolute Gasteiger partial charge is 0.573 e. The van der Waals surface area contributed by atoms with Gasteiger partial charge in [0.05, 0.1) is 6.07 Å². The van der Waals surface area contributed by atoms with Crippen LogP contribution in [0.15, 0.2) is 24.3 Å². The molecule has 3 nitrogen and oxygen atoms in total. The minimum atomic E-state index is -4.72. The predicted molar refractivity (Wildman–Crippen MR) is 62.2 cm³/mol. The van der Waals surface area contributed by atoms with E-state index in [0.29, 0.717) is 18.0 Å². The average Bonchev–Trinajstić information content (AvgIpc) is 3.12. The van der Waals surface area contributed by atoms with Gasteiger partial charge in [0.25, 0.3) is 0 Å². The molecule has 0 saturated heterocycles. The Morgan fingerprint density at radius 1 is 1.42 bits per heavy atom. The number of ether oxygens (including phenoxy) is 1. The summed E-state index contributed by atoms with van der Waals surface area (Å²) in [6.45, 7) is 0.711. The normalized spacial score (nSPS) is 16.7. The van der Waals surface area contributed by atoms with E-state index in [0.717, 1.165) is 12.8 Å². The van der Waals surface area contributed by atoms with Crippen LogP contribution >= 0.6 is 0 Å². The molecule has 2 rings (SSSR count). The summed E-state index contributed by atoms with van der Waals surface area (Å²) < 4.78 is 40.2. The van der Waals surface area contributed by atoms with Gasteiger partial charge >= 0.3 is 6.36 Å². The van der Waals surface area contributed by atoms with E-state index < -0.39 is 12.4 Å². The smallest absolute Gasteiger partial charge is 0.406 e. The topological polar surface area (TPSA) is 45.0 Å². The van der Waals surface area contributed by atoms with Crippen LogP contribution in [0, 0.1) is 17.2 Å². The molecule has 1 saturated carbocycles. The van der Waals surface area contributed by atoms with Gasteiger partial charge in [-0.05, 0) is 43.0 Å². The third-order valence-corrected chi connectivity index (χ3v) is 2.86. The molecule has 102 valence electrons. The van der Waals surface area contributed by atoms with Crippen LogP contribution in [0.1, 0.15) is 24.4 Å². The molecule has 1 aliphatic rings. The van der Waals surface area contributed by atoms with Crippen molar-refractivity contribution in [2.45, 2.75) is 25.2 Å². The Morgan fingerprint density at radius 3 is 2.74 bits per heavy atom. The first-order valence-corrected chi connectivity index (χ1v) is 5.96. The van der Waals surface area contributed by atoms with Crippen molar-refractivity contribution in [2.24, 2.45) is 5.92 Å². The Balaban J connectivity index is 2.04. The highest BCUT2D eigenvalue weighted by molar-refractivity contribution is 5.33. The van der Waals surface area contributed by atoms with Gasteiger partial charge in [0.1, 0.15) is 11.8 Å². The van der Waals surface area contributed by atoms with Crippen molar-refractivity contribution in [2.75, 3.05) is 6.54 Å². The van der Waals surface area contributed by atoms with E-state index in [1.54, 1.807) is 6.07 Å². The molecule has 1 aromatic rings. The van der Waals surface area contributed by atoms with Crippen molar-refractivity contribution in [1.29, 1.82) is 5.26 Å².